The number of amides is 1. The first-order valence-corrected chi connectivity index (χ1v) is 8.64. The first-order valence-electron chi connectivity index (χ1n) is 8.64. The highest BCUT2D eigenvalue weighted by Crippen LogP contribution is 2.24. The smallest absolute Gasteiger partial charge is 0.414 e. The molecule has 1 aliphatic heterocycles. The number of carbonyl (C=O) groups excluding carboxylic acids is 1. The van der Waals surface area contributed by atoms with Gasteiger partial charge in [-0.25, -0.2) is 4.79 Å². The third kappa shape index (κ3) is 4.44. The lowest BCUT2D eigenvalue weighted by atomic mass is 10.1. The summed E-state index contributed by atoms with van der Waals surface area (Å²) in [5.74, 6) is 0.943. The van der Waals surface area contributed by atoms with Gasteiger partial charge in [-0.3, -0.25) is 4.90 Å². The largest absolute Gasteiger partial charge is 0.508 e. The van der Waals surface area contributed by atoms with Crippen molar-refractivity contribution < 1.29 is 19.4 Å². The molecule has 5 heteroatoms. The Bertz CT molecular complexity index is 697. The second-order valence-corrected chi connectivity index (χ2v) is 6.19. The summed E-state index contributed by atoms with van der Waals surface area (Å²) in [6.45, 7) is 2.93. The fraction of sp³-hybridized carbons (Fsp3) is 0.350. The van der Waals surface area contributed by atoms with Gasteiger partial charge in [0, 0.05) is 5.69 Å². The number of phenols is 1. The molecule has 1 atom stereocenters. The van der Waals surface area contributed by atoms with Crippen LogP contribution >= 0.6 is 0 Å². The van der Waals surface area contributed by atoms with Crippen LogP contribution in [0, 0.1) is 0 Å². The number of carbonyl (C=O) groups is 1. The van der Waals surface area contributed by atoms with Crippen molar-refractivity contribution in [2.24, 2.45) is 0 Å². The molecule has 0 radical (unpaired) electrons. The molecule has 2 aromatic rings. The van der Waals surface area contributed by atoms with Crippen LogP contribution in [0.3, 0.4) is 0 Å². The number of aromatic hydroxyl groups is 1. The predicted molar refractivity (Wildman–Crippen MR) is 96.3 cm³/mol. The average molecular weight is 341 g/mol. The topological polar surface area (TPSA) is 59.0 Å². The number of hydrogen-bond donors (Lipinski definition) is 1. The van der Waals surface area contributed by atoms with Gasteiger partial charge in [-0.15, -0.1) is 0 Å². The third-order valence-electron chi connectivity index (χ3n) is 4.21. The zero-order chi connectivity index (χ0) is 17.6. The fourth-order valence-corrected chi connectivity index (χ4v) is 2.77. The number of unbranched alkanes of at least 4 members (excludes halogenated alkanes) is 1. The predicted octanol–water partition coefficient (Wildman–Crippen LogP) is 4.14. The van der Waals surface area contributed by atoms with E-state index in [1.165, 1.54) is 18.4 Å². The van der Waals surface area contributed by atoms with Crippen molar-refractivity contribution in [3.8, 4) is 11.5 Å². The highest BCUT2D eigenvalue weighted by Gasteiger charge is 2.32. The Balaban J connectivity index is 1.52. The second-order valence-electron chi connectivity index (χ2n) is 6.19. The van der Waals surface area contributed by atoms with E-state index >= 15 is 0 Å². The molecule has 1 fully saturated rings. The number of ether oxygens (including phenoxy) is 2. The van der Waals surface area contributed by atoms with E-state index in [1.54, 1.807) is 29.2 Å². The minimum Gasteiger partial charge on any atom is -0.508 e. The van der Waals surface area contributed by atoms with Crippen molar-refractivity contribution in [3.63, 3.8) is 0 Å². The van der Waals surface area contributed by atoms with Gasteiger partial charge in [-0.05, 0) is 54.8 Å². The van der Waals surface area contributed by atoms with E-state index in [-0.39, 0.29) is 11.9 Å². The van der Waals surface area contributed by atoms with Gasteiger partial charge in [0.2, 0.25) is 0 Å². The normalized spacial score (nSPS) is 16.8. The Morgan fingerprint density at radius 1 is 1.16 bits per heavy atom. The molecule has 1 aliphatic rings. The first-order chi connectivity index (χ1) is 12.2. The molecule has 0 saturated carbocycles. The van der Waals surface area contributed by atoms with Crippen LogP contribution in [0.5, 0.6) is 11.5 Å². The molecule has 1 N–H and O–H groups in total. The van der Waals surface area contributed by atoms with Crippen LogP contribution in [0.2, 0.25) is 0 Å². The quantitative estimate of drug-likeness (QED) is 0.822. The fourth-order valence-electron chi connectivity index (χ4n) is 2.77. The average Bonchev–Trinajstić information content (AvgIpc) is 3.00. The zero-order valence-electron chi connectivity index (χ0n) is 14.4. The van der Waals surface area contributed by atoms with E-state index in [4.69, 9.17) is 9.47 Å². The molecule has 25 heavy (non-hydrogen) atoms. The van der Waals surface area contributed by atoms with Crippen LogP contribution in [-0.4, -0.2) is 30.5 Å². The van der Waals surface area contributed by atoms with E-state index in [9.17, 15) is 9.90 Å². The molecule has 3 rings (SSSR count). The van der Waals surface area contributed by atoms with Gasteiger partial charge >= 0.3 is 6.09 Å². The number of phenolic OH excluding ortho intramolecular Hbond substituents is 1. The van der Waals surface area contributed by atoms with Gasteiger partial charge < -0.3 is 14.6 Å². The van der Waals surface area contributed by atoms with Crippen molar-refractivity contribution in [2.45, 2.75) is 32.3 Å². The third-order valence-corrected chi connectivity index (χ3v) is 4.21. The van der Waals surface area contributed by atoms with Gasteiger partial charge in [-0.1, -0.05) is 25.5 Å². The molecule has 0 aromatic heterocycles. The van der Waals surface area contributed by atoms with Crippen LogP contribution in [0.1, 0.15) is 25.3 Å². The molecular formula is C20H23NO4. The summed E-state index contributed by atoms with van der Waals surface area (Å²) in [6.07, 6.45) is 2.74. The maximum atomic E-state index is 12.0. The SMILES string of the molecule is CCCCc1ccc(OCC2CN(c3ccc(O)cc3)C(=O)O2)cc1. The number of nitrogens with zero attached hydrogens (tertiary/aromatic N) is 1. The van der Waals surface area contributed by atoms with Crippen LogP contribution in [0.4, 0.5) is 10.5 Å². The van der Waals surface area contributed by atoms with E-state index < -0.39 is 6.09 Å². The molecular weight excluding hydrogens is 318 g/mol. The van der Waals surface area contributed by atoms with Crippen molar-refractivity contribution >= 4 is 11.8 Å². The summed E-state index contributed by atoms with van der Waals surface area (Å²) in [5.41, 5.74) is 2.01. The van der Waals surface area contributed by atoms with Crippen molar-refractivity contribution in [1.82, 2.24) is 0 Å². The molecule has 132 valence electrons. The molecule has 1 heterocycles. The molecule has 1 saturated heterocycles. The monoisotopic (exact) mass is 341 g/mol. The standard InChI is InChI=1S/C20H23NO4/c1-2-3-4-15-5-11-18(12-6-15)24-14-19-13-21(20(23)25-19)16-7-9-17(22)10-8-16/h5-12,19,22H,2-4,13-14H2,1H3. The number of rotatable bonds is 7. The lowest BCUT2D eigenvalue weighted by Gasteiger charge is -2.13. The second kappa shape index (κ2) is 7.92. The molecule has 1 unspecified atom stereocenters. The lowest BCUT2D eigenvalue weighted by molar-refractivity contribution is 0.105. The molecule has 0 bridgehead atoms. The molecule has 5 nitrogen and oxygen atoms in total. The Labute approximate surface area is 147 Å². The first kappa shape index (κ1) is 17.1. The van der Waals surface area contributed by atoms with Crippen LogP contribution < -0.4 is 9.64 Å². The Kier molecular flexibility index (Phi) is 5.43. The number of hydrogen-bond acceptors (Lipinski definition) is 4. The summed E-state index contributed by atoms with van der Waals surface area (Å²) in [6, 6.07) is 14.5. The van der Waals surface area contributed by atoms with Gasteiger partial charge in [0.15, 0.2) is 6.10 Å². The van der Waals surface area contributed by atoms with Gasteiger partial charge in [0.25, 0.3) is 0 Å². The molecule has 2 aromatic carbocycles. The van der Waals surface area contributed by atoms with E-state index in [2.05, 4.69) is 19.1 Å². The zero-order valence-corrected chi connectivity index (χ0v) is 14.4. The van der Waals surface area contributed by atoms with Crippen LogP contribution in [0.25, 0.3) is 0 Å². The maximum Gasteiger partial charge on any atom is 0.414 e. The Morgan fingerprint density at radius 2 is 1.88 bits per heavy atom. The molecule has 0 spiro atoms. The number of benzene rings is 2. The van der Waals surface area contributed by atoms with Crippen LogP contribution in [-0.2, 0) is 11.2 Å². The summed E-state index contributed by atoms with van der Waals surface area (Å²) < 4.78 is 11.1. The maximum absolute atomic E-state index is 12.0. The van der Waals surface area contributed by atoms with Crippen molar-refractivity contribution in [1.29, 1.82) is 0 Å². The van der Waals surface area contributed by atoms with Gasteiger partial charge in [-0.2, -0.15) is 0 Å². The minimum atomic E-state index is -0.394. The molecule has 0 aliphatic carbocycles. The van der Waals surface area contributed by atoms with Crippen molar-refractivity contribution in [3.05, 3.63) is 54.1 Å². The van der Waals surface area contributed by atoms with Crippen molar-refractivity contribution in [2.75, 3.05) is 18.1 Å². The highest BCUT2D eigenvalue weighted by molar-refractivity contribution is 5.89. The number of aryl methyl sites for hydroxylation is 1. The van der Waals surface area contributed by atoms with E-state index in [0.29, 0.717) is 18.8 Å². The Morgan fingerprint density at radius 3 is 2.56 bits per heavy atom. The van der Waals surface area contributed by atoms with Crippen LogP contribution in [0.15, 0.2) is 48.5 Å². The highest BCUT2D eigenvalue weighted by atomic mass is 16.6. The number of cyclic esters (lactones) is 1. The van der Waals surface area contributed by atoms with E-state index in [1.807, 2.05) is 12.1 Å². The van der Waals surface area contributed by atoms with Gasteiger partial charge in [0.05, 0.1) is 6.54 Å². The van der Waals surface area contributed by atoms with E-state index in [0.717, 1.165) is 12.2 Å². The summed E-state index contributed by atoms with van der Waals surface area (Å²) in [7, 11) is 0. The Hall–Kier alpha value is -2.69. The molecule has 1 amide bonds. The summed E-state index contributed by atoms with van der Waals surface area (Å²) in [5, 5.41) is 9.34. The summed E-state index contributed by atoms with van der Waals surface area (Å²) in [4.78, 5) is 13.6. The minimum absolute atomic E-state index is 0.165. The summed E-state index contributed by atoms with van der Waals surface area (Å²) >= 11 is 0. The lowest BCUT2D eigenvalue weighted by Crippen LogP contribution is -2.26. The van der Waals surface area contributed by atoms with Gasteiger partial charge in [0.1, 0.15) is 18.1 Å². The number of anilines is 1.